The Balaban J connectivity index is 1.85. The molecule has 0 radical (unpaired) electrons. The normalized spacial score (nSPS) is 12.0. The van der Waals surface area contributed by atoms with Gasteiger partial charge in [0, 0.05) is 16.8 Å². The molecule has 3 rings (SSSR count). The number of ether oxygens (including phenoxy) is 2. The quantitative estimate of drug-likeness (QED) is 0.495. The minimum Gasteiger partial charge on any atom is -0.497 e. The van der Waals surface area contributed by atoms with Crippen molar-refractivity contribution in [2.24, 2.45) is 0 Å². The summed E-state index contributed by atoms with van der Waals surface area (Å²) in [6, 6.07) is 17.3. The molecule has 0 fully saturated rings. The monoisotopic (exact) mass is 474 g/mol. The molecule has 0 bridgehead atoms. The van der Waals surface area contributed by atoms with Crippen molar-refractivity contribution in [3.8, 4) is 11.5 Å². The highest BCUT2D eigenvalue weighted by molar-refractivity contribution is 7.92. The summed E-state index contributed by atoms with van der Waals surface area (Å²) >= 11 is 6.14. The summed E-state index contributed by atoms with van der Waals surface area (Å²) in [5, 5.41) is 2.86. The molecule has 2 N–H and O–H groups in total. The lowest BCUT2D eigenvalue weighted by atomic mass is 10.1. The van der Waals surface area contributed by atoms with Gasteiger partial charge in [0.2, 0.25) is 0 Å². The number of amides is 1. The molecular formula is C23H23ClN2O5S. The van der Waals surface area contributed by atoms with Crippen molar-refractivity contribution in [3.05, 3.63) is 82.9 Å². The SMILES string of the molecule is COc1ccc(OC)c([C@H](C)NC(=O)c2ccc(Cl)c(S(=O)(=O)Nc3ccccc3)c2)c1. The number of rotatable bonds is 8. The molecule has 0 aromatic heterocycles. The van der Waals surface area contributed by atoms with Gasteiger partial charge in [-0.25, -0.2) is 8.42 Å². The van der Waals surface area contributed by atoms with Crippen molar-refractivity contribution in [2.75, 3.05) is 18.9 Å². The zero-order valence-corrected chi connectivity index (χ0v) is 19.3. The Hall–Kier alpha value is -3.23. The fourth-order valence-electron chi connectivity index (χ4n) is 3.10. The largest absolute Gasteiger partial charge is 0.497 e. The summed E-state index contributed by atoms with van der Waals surface area (Å²) in [5.74, 6) is 0.744. The van der Waals surface area contributed by atoms with E-state index in [-0.39, 0.29) is 15.5 Å². The van der Waals surface area contributed by atoms with Crippen LogP contribution in [0.25, 0.3) is 0 Å². The van der Waals surface area contributed by atoms with Crippen LogP contribution in [-0.2, 0) is 10.0 Å². The average molecular weight is 475 g/mol. The van der Waals surface area contributed by atoms with E-state index in [1.165, 1.54) is 25.3 Å². The molecular weight excluding hydrogens is 452 g/mol. The van der Waals surface area contributed by atoms with Gasteiger partial charge in [-0.1, -0.05) is 29.8 Å². The van der Waals surface area contributed by atoms with Crippen molar-refractivity contribution in [3.63, 3.8) is 0 Å². The molecule has 9 heteroatoms. The van der Waals surface area contributed by atoms with Crippen LogP contribution in [0.4, 0.5) is 5.69 Å². The van der Waals surface area contributed by atoms with E-state index in [1.807, 2.05) is 0 Å². The Labute approximate surface area is 192 Å². The topological polar surface area (TPSA) is 93.7 Å². The molecule has 3 aromatic rings. The molecule has 168 valence electrons. The van der Waals surface area contributed by atoms with Crippen molar-refractivity contribution in [1.82, 2.24) is 5.32 Å². The molecule has 1 amide bonds. The maximum Gasteiger partial charge on any atom is 0.263 e. The molecule has 3 aromatic carbocycles. The van der Waals surface area contributed by atoms with Gasteiger partial charge in [-0.3, -0.25) is 9.52 Å². The van der Waals surface area contributed by atoms with Gasteiger partial charge in [-0.2, -0.15) is 0 Å². The molecule has 0 unspecified atom stereocenters. The number of para-hydroxylation sites is 1. The van der Waals surface area contributed by atoms with Crippen LogP contribution < -0.4 is 19.5 Å². The van der Waals surface area contributed by atoms with E-state index in [0.29, 0.717) is 22.7 Å². The van der Waals surface area contributed by atoms with Crippen molar-refractivity contribution in [2.45, 2.75) is 17.9 Å². The first-order valence-corrected chi connectivity index (χ1v) is 11.5. The van der Waals surface area contributed by atoms with E-state index in [0.717, 1.165) is 0 Å². The zero-order chi connectivity index (χ0) is 23.3. The molecule has 0 saturated carbocycles. The van der Waals surface area contributed by atoms with Crippen LogP contribution in [0.15, 0.2) is 71.6 Å². The van der Waals surface area contributed by atoms with E-state index in [4.69, 9.17) is 21.1 Å². The fraction of sp³-hybridized carbons (Fsp3) is 0.174. The van der Waals surface area contributed by atoms with Gasteiger partial charge in [0.25, 0.3) is 15.9 Å². The minimum absolute atomic E-state index is 0.00694. The Morgan fingerprint density at radius 3 is 2.34 bits per heavy atom. The van der Waals surface area contributed by atoms with Crippen LogP contribution >= 0.6 is 11.6 Å². The van der Waals surface area contributed by atoms with Crippen molar-refractivity contribution < 1.29 is 22.7 Å². The number of nitrogens with one attached hydrogen (secondary N) is 2. The van der Waals surface area contributed by atoms with Gasteiger partial charge >= 0.3 is 0 Å². The van der Waals surface area contributed by atoms with Gasteiger partial charge in [0.15, 0.2) is 0 Å². The lowest BCUT2D eigenvalue weighted by Gasteiger charge is -2.18. The number of benzene rings is 3. The molecule has 7 nitrogen and oxygen atoms in total. The van der Waals surface area contributed by atoms with Gasteiger partial charge < -0.3 is 14.8 Å². The summed E-state index contributed by atoms with van der Waals surface area (Å²) in [6.45, 7) is 1.79. The molecule has 32 heavy (non-hydrogen) atoms. The smallest absolute Gasteiger partial charge is 0.263 e. The first kappa shape index (κ1) is 23.4. The minimum atomic E-state index is -4.00. The molecule has 0 aliphatic heterocycles. The second-order valence-electron chi connectivity index (χ2n) is 6.92. The van der Waals surface area contributed by atoms with Gasteiger partial charge in [0.1, 0.15) is 16.4 Å². The first-order chi connectivity index (χ1) is 15.2. The predicted octanol–water partition coefficient (Wildman–Crippen LogP) is 4.65. The van der Waals surface area contributed by atoms with Gasteiger partial charge in [-0.05, 0) is 55.5 Å². The van der Waals surface area contributed by atoms with Crippen LogP contribution in [0.1, 0.15) is 28.9 Å². The number of methoxy groups -OCH3 is 2. The van der Waals surface area contributed by atoms with Crippen molar-refractivity contribution >= 4 is 33.2 Å². The van der Waals surface area contributed by atoms with Gasteiger partial charge in [-0.15, -0.1) is 0 Å². The Bertz CT molecular complexity index is 1220. The van der Waals surface area contributed by atoms with E-state index in [9.17, 15) is 13.2 Å². The number of anilines is 1. The lowest BCUT2D eigenvalue weighted by molar-refractivity contribution is 0.0939. The first-order valence-electron chi connectivity index (χ1n) is 9.65. The highest BCUT2D eigenvalue weighted by Crippen LogP contribution is 2.30. The van der Waals surface area contributed by atoms with Crippen LogP contribution in [0.5, 0.6) is 11.5 Å². The number of carbonyl (C=O) groups excluding carboxylic acids is 1. The average Bonchev–Trinajstić information content (AvgIpc) is 2.79. The molecule has 0 saturated heterocycles. The molecule has 0 heterocycles. The van der Waals surface area contributed by atoms with E-state index < -0.39 is 22.0 Å². The van der Waals surface area contributed by atoms with Crippen LogP contribution in [-0.4, -0.2) is 28.5 Å². The molecule has 1 atom stereocenters. The Morgan fingerprint density at radius 2 is 1.69 bits per heavy atom. The number of hydrogen-bond donors (Lipinski definition) is 2. The molecule has 0 aliphatic rings. The van der Waals surface area contributed by atoms with Crippen LogP contribution in [0.3, 0.4) is 0 Å². The van der Waals surface area contributed by atoms with E-state index >= 15 is 0 Å². The number of hydrogen-bond acceptors (Lipinski definition) is 5. The number of carbonyl (C=O) groups is 1. The van der Waals surface area contributed by atoms with Crippen LogP contribution in [0, 0.1) is 0 Å². The maximum absolute atomic E-state index is 12.9. The van der Waals surface area contributed by atoms with E-state index in [2.05, 4.69) is 10.0 Å². The number of halogens is 1. The maximum atomic E-state index is 12.9. The summed E-state index contributed by atoms with van der Waals surface area (Å²) in [7, 11) is -0.912. The standard InChI is InChI=1S/C23H23ClN2O5S/c1-15(19-14-18(30-2)10-12-21(19)31-3)25-23(27)16-9-11-20(24)22(13-16)32(28,29)26-17-7-5-4-6-8-17/h4-15,26H,1-3H3,(H,25,27)/t15-/m0/s1. The summed E-state index contributed by atoms with van der Waals surface area (Å²) < 4.78 is 38.8. The Morgan fingerprint density at radius 1 is 0.969 bits per heavy atom. The predicted molar refractivity (Wildman–Crippen MR) is 124 cm³/mol. The van der Waals surface area contributed by atoms with Crippen LogP contribution in [0.2, 0.25) is 5.02 Å². The third kappa shape index (κ3) is 5.33. The summed E-state index contributed by atoms with van der Waals surface area (Å²) in [4.78, 5) is 12.7. The third-order valence-corrected chi connectivity index (χ3v) is 6.62. The summed E-state index contributed by atoms with van der Waals surface area (Å²) in [5.41, 5.74) is 1.25. The highest BCUT2D eigenvalue weighted by atomic mass is 35.5. The third-order valence-electron chi connectivity index (χ3n) is 4.76. The summed E-state index contributed by atoms with van der Waals surface area (Å²) in [6.07, 6.45) is 0. The number of sulfonamides is 1. The molecule has 0 spiro atoms. The van der Waals surface area contributed by atoms with Gasteiger partial charge in [0.05, 0.1) is 25.3 Å². The second kappa shape index (κ2) is 9.93. The lowest BCUT2D eigenvalue weighted by Crippen LogP contribution is -2.27. The zero-order valence-electron chi connectivity index (χ0n) is 17.8. The Kier molecular flexibility index (Phi) is 7.27. The van der Waals surface area contributed by atoms with Crippen molar-refractivity contribution in [1.29, 1.82) is 0 Å². The van der Waals surface area contributed by atoms with E-state index in [1.54, 1.807) is 62.6 Å². The fourth-order valence-corrected chi connectivity index (χ4v) is 4.69. The second-order valence-corrected chi connectivity index (χ2v) is 8.98. The molecule has 0 aliphatic carbocycles. The highest BCUT2D eigenvalue weighted by Gasteiger charge is 2.22.